The molecule has 6 nitrogen and oxygen atoms in total. The Balaban J connectivity index is 1.95. The zero-order valence-corrected chi connectivity index (χ0v) is 16.0. The Hall–Kier alpha value is -3.93. The minimum Gasteiger partial charge on any atom is -0.312 e. The molecule has 0 radical (unpaired) electrons. The first-order chi connectivity index (χ1) is 14.1. The quantitative estimate of drug-likeness (QED) is 0.471. The van der Waals surface area contributed by atoms with Gasteiger partial charge in [-0.05, 0) is 17.7 Å². The summed E-state index contributed by atoms with van der Waals surface area (Å²) in [5, 5.41) is 1.51. The van der Waals surface area contributed by atoms with Gasteiger partial charge in [-0.1, -0.05) is 48.5 Å². The van der Waals surface area contributed by atoms with Crippen molar-refractivity contribution in [2.45, 2.75) is 0 Å². The average molecular weight is 382 g/mol. The molecule has 0 saturated carbocycles. The molecule has 29 heavy (non-hydrogen) atoms. The topological polar surface area (TPSA) is 61.8 Å². The summed E-state index contributed by atoms with van der Waals surface area (Å²) in [5.41, 5.74) is 3.29. The fourth-order valence-corrected chi connectivity index (χ4v) is 3.82. The number of aromatic nitrogens is 4. The summed E-state index contributed by atoms with van der Waals surface area (Å²) >= 11 is 0. The number of benzene rings is 2. The summed E-state index contributed by atoms with van der Waals surface area (Å²) in [4.78, 5) is 30.1. The number of fused-ring (bicyclic) bond motifs is 2. The van der Waals surface area contributed by atoms with Gasteiger partial charge in [0.2, 0.25) is 0 Å². The molecule has 3 heterocycles. The predicted molar refractivity (Wildman–Crippen MR) is 114 cm³/mol. The average Bonchev–Trinajstić information content (AvgIpc) is 3.17. The van der Waals surface area contributed by atoms with Crippen LogP contribution in [0.1, 0.15) is 0 Å². The molecule has 142 valence electrons. The third kappa shape index (κ3) is 2.53. The van der Waals surface area contributed by atoms with Crippen LogP contribution in [-0.2, 0) is 14.1 Å². The third-order valence-electron chi connectivity index (χ3n) is 5.34. The molecular weight excluding hydrogens is 364 g/mol. The van der Waals surface area contributed by atoms with E-state index in [1.54, 1.807) is 13.2 Å². The van der Waals surface area contributed by atoms with E-state index in [4.69, 9.17) is 0 Å². The lowest BCUT2D eigenvalue weighted by Gasteiger charge is -2.10. The van der Waals surface area contributed by atoms with E-state index in [1.165, 1.54) is 11.6 Å². The van der Waals surface area contributed by atoms with Crippen LogP contribution in [0.4, 0.5) is 0 Å². The molecule has 0 saturated heterocycles. The van der Waals surface area contributed by atoms with Gasteiger partial charge in [-0.25, -0.2) is 4.79 Å². The van der Waals surface area contributed by atoms with Gasteiger partial charge < -0.3 is 4.57 Å². The van der Waals surface area contributed by atoms with Crippen LogP contribution >= 0.6 is 0 Å². The first-order valence-electron chi connectivity index (χ1n) is 9.28. The monoisotopic (exact) mass is 382 g/mol. The van der Waals surface area contributed by atoms with E-state index >= 15 is 0 Å². The van der Waals surface area contributed by atoms with Gasteiger partial charge >= 0.3 is 5.69 Å². The third-order valence-corrected chi connectivity index (χ3v) is 5.34. The van der Waals surface area contributed by atoms with Gasteiger partial charge in [0.15, 0.2) is 0 Å². The summed E-state index contributed by atoms with van der Waals surface area (Å²) in [6, 6.07) is 19.7. The number of hydrogen-bond donors (Lipinski definition) is 0. The van der Waals surface area contributed by atoms with E-state index in [0.717, 1.165) is 32.4 Å². The molecule has 0 amide bonds. The van der Waals surface area contributed by atoms with Crippen molar-refractivity contribution in [1.29, 1.82) is 0 Å². The number of pyridine rings is 1. The Kier molecular flexibility index (Phi) is 3.74. The minimum atomic E-state index is -0.351. The first-order valence-corrected chi connectivity index (χ1v) is 9.28. The highest BCUT2D eigenvalue weighted by Gasteiger charge is 2.20. The lowest BCUT2D eigenvalue weighted by molar-refractivity contribution is 0.714. The molecule has 0 N–H and O–H groups in total. The Morgan fingerprint density at radius 1 is 0.862 bits per heavy atom. The molecule has 0 atom stereocenters. The van der Waals surface area contributed by atoms with Crippen LogP contribution < -0.4 is 11.2 Å². The van der Waals surface area contributed by atoms with E-state index in [9.17, 15) is 9.59 Å². The van der Waals surface area contributed by atoms with Crippen LogP contribution in [-0.4, -0.2) is 18.7 Å². The van der Waals surface area contributed by atoms with Gasteiger partial charge in [-0.3, -0.25) is 18.9 Å². The van der Waals surface area contributed by atoms with E-state index in [1.807, 2.05) is 71.4 Å². The summed E-state index contributed by atoms with van der Waals surface area (Å²) < 4.78 is 4.60. The number of hydrogen-bond acceptors (Lipinski definition) is 3. The second kappa shape index (κ2) is 6.31. The van der Waals surface area contributed by atoms with Gasteiger partial charge in [-0.2, -0.15) is 0 Å². The van der Waals surface area contributed by atoms with Crippen molar-refractivity contribution in [3.05, 3.63) is 93.9 Å². The fourth-order valence-electron chi connectivity index (χ4n) is 3.82. The van der Waals surface area contributed by atoms with Gasteiger partial charge in [0.25, 0.3) is 5.56 Å². The van der Waals surface area contributed by atoms with E-state index in [2.05, 4.69) is 4.98 Å². The summed E-state index contributed by atoms with van der Waals surface area (Å²) in [7, 11) is 3.19. The Morgan fingerprint density at radius 3 is 2.38 bits per heavy atom. The van der Waals surface area contributed by atoms with E-state index in [-0.39, 0.29) is 11.2 Å². The highest BCUT2D eigenvalue weighted by atomic mass is 16.2. The Morgan fingerprint density at radius 2 is 1.59 bits per heavy atom. The molecule has 0 unspecified atom stereocenters. The van der Waals surface area contributed by atoms with Crippen molar-refractivity contribution in [1.82, 2.24) is 18.7 Å². The molecule has 3 aromatic heterocycles. The molecule has 2 aromatic carbocycles. The molecule has 5 aromatic rings. The zero-order chi connectivity index (χ0) is 20.1. The zero-order valence-electron chi connectivity index (χ0n) is 16.0. The highest BCUT2D eigenvalue weighted by molar-refractivity contribution is 5.95. The molecular formula is C23H18N4O2. The normalized spacial score (nSPS) is 11.4. The van der Waals surface area contributed by atoms with Crippen LogP contribution in [0, 0.1) is 0 Å². The van der Waals surface area contributed by atoms with Gasteiger partial charge in [-0.15, -0.1) is 0 Å². The highest BCUT2D eigenvalue weighted by Crippen LogP contribution is 2.31. The van der Waals surface area contributed by atoms with E-state index in [0.29, 0.717) is 10.9 Å². The SMILES string of the molecule is Cn1c(=O)c2c(-c3ccccc3)n(-c3cnc4ccccc4c3)cc2n(C)c1=O. The summed E-state index contributed by atoms with van der Waals surface area (Å²) in [5.74, 6) is 0. The molecule has 0 aliphatic rings. The summed E-state index contributed by atoms with van der Waals surface area (Å²) in [6.07, 6.45) is 3.63. The first kappa shape index (κ1) is 17.2. The van der Waals surface area contributed by atoms with Crippen LogP contribution in [0.2, 0.25) is 0 Å². The predicted octanol–water partition coefficient (Wildman–Crippen LogP) is 3.24. The maximum atomic E-state index is 13.1. The van der Waals surface area contributed by atoms with Crippen molar-refractivity contribution < 1.29 is 0 Å². The standard InChI is InChI=1S/C23H18N4O2/c1-25-19-14-27(17-12-16-10-6-7-11-18(16)24-13-17)21(15-8-4-3-5-9-15)20(19)22(28)26(2)23(25)29/h3-14H,1-2H3. The van der Waals surface area contributed by atoms with Crippen molar-refractivity contribution >= 4 is 21.8 Å². The minimum absolute atomic E-state index is 0.311. The molecule has 0 fully saturated rings. The van der Waals surface area contributed by atoms with Crippen LogP contribution in [0.25, 0.3) is 38.8 Å². The Labute approximate surface area is 165 Å². The number of aryl methyl sites for hydroxylation is 1. The largest absolute Gasteiger partial charge is 0.330 e. The van der Waals surface area contributed by atoms with Crippen LogP contribution in [0.15, 0.2) is 82.6 Å². The molecule has 0 bridgehead atoms. The van der Waals surface area contributed by atoms with Gasteiger partial charge in [0.1, 0.15) is 0 Å². The van der Waals surface area contributed by atoms with Gasteiger partial charge in [0.05, 0.1) is 34.0 Å². The van der Waals surface area contributed by atoms with E-state index < -0.39 is 0 Å². The van der Waals surface area contributed by atoms with Crippen molar-refractivity contribution in [2.24, 2.45) is 14.1 Å². The smallest absolute Gasteiger partial charge is 0.312 e. The maximum Gasteiger partial charge on any atom is 0.330 e. The van der Waals surface area contributed by atoms with Crippen molar-refractivity contribution in [3.63, 3.8) is 0 Å². The maximum absolute atomic E-state index is 13.1. The second-order valence-electron chi connectivity index (χ2n) is 7.07. The Bertz CT molecular complexity index is 1510. The molecule has 6 heteroatoms. The summed E-state index contributed by atoms with van der Waals surface area (Å²) in [6.45, 7) is 0. The van der Waals surface area contributed by atoms with Gasteiger partial charge in [0, 0.05) is 25.7 Å². The molecule has 5 rings (SSSR count). The van der Waals surface area contributed by atoms with Crippen LogP contribution in [0.3, 0.4) is 0 Å². The number of rotatable bonds is 2. The lowest BCUT2D eigenvalue weighted by atomic mass is 10.1. The molecule has 0 spiro atoms. The molecule has 0 aliphatic heterocycles. The second-order valence-corrected chi connectivity index (χ2v) is 7.07. The van der Waals surface area contributed by atoms with Crippen LogP contribution in [0.5, 0.6) is 0 Å². The lowest BCUT2D eigenvalue weighted by Crippen LogP contribution is -2.36. The molecule has 0 aliphatic carbocycles. The van der Waals surface area contributed by atoms with Crippen molar-refractivity contribution in [3.8, 4) is 16.9 Å². The fraction of sp³-hybridized carbons (Fsp3) is 0.0870. The van der Waals surface area contributed by atoms with Crippen molar-refractivity contribution in [2.75, 3.05) is 0 Å². The number of nitrogens with zero attached hydrogens (tertiary/aromatic N) is 4. The number of para-hydroxylation sites is 1.